The first-order chi connectivity index (χ1) is 15.7. The van der Waals surface area contributed by atoms with Gasteiger partial charge in [0, 0.05) is 18.8 Å². The lowest BCUT2D eigenvalue weighted by Crippen LogP contribution is -2.23. The number of thiazole rings is 1. The largest absolute Gasteiger partial charge is 0.361 e. The molecule has 0 bridgehead atoms. The number of nitrogens with zero attached hydrogens (tertiary/aromatic N) is 3. The molecule has 1 unspecified atom stereocenters. The number of aromatic nitrogens is 1. The fraction of sp³-hybridized carbons (Fsp3) is 0.231. The van der Waals surface area contributed by atoms with Crippen molar-refractivity contribution in [3.05, 3.63) is 89.5 Å². The maximum atomic E-state index is 4.97. The standard InChI is InChI=1S/C26H24N4S2/c1-30-24-20-7-3-2-6-18(20)16-23(24)32-26(30)28-19-12-10-17(11-13-19)14-15-27-25-29-21-8-4-5-9-22(21)31-25/h2-13,23-24H,14-16H2,1H3,(H,27,29)/t23?,24-/m0/s1. The minimum atomic E-state index is 0.447. The molecule has 6 heteroatoms. The number of hydrogen-bond acceptors (Lipinski definition) is 5. The van der Waals surface area contributed by atoms with Crippen molar-refractivity contribution in [2.45, 2.75) is 24.1 Å². The molecule has 3 aromatic carbocycles. The van der Waals surface area contributed by atoms with Gasteiger partial charge < -0.3 is 10.2 Å². The molecule has 1 fully saturated rings. The predicted molar refractivity (Wildman–Crippen MR) is 137 cm³/mol. The molecule has 6 rings (SSSR count). The lowest BCUT2D eigenvalue weighted by molar-refractivity contribution is 0.402. The Morgan fingerprint density at radius 2 is 1.84 bits per heavy atom. The molecule has 1 aliphatic heterocycles. The first-order valence-corrected chi connectivity index (χ1v) is 12.7. The van der Waals surface area contributed by atoms with E-state index in [2.05, 4.69) is 89.0 Å². The smallest absolute Gasteiger partial charge is 0.183 e. The molecule has 2 atom stereocenters. The molecule has 1 aromatic heterocycles. The predicted octanol–water partition coefficient (Wildman–Crippen LogP) is 6.28. The van der Waals surface area contributed by atoms with E-state index in [0.717, 1.165) is 40.9 Å². The first-order valence-electron chi connectivity index (χ1n) is 11.0. The molecule has 160 valence electrons. The molecule has 4 nitrogen and oxygen atoms in total. The Kier molecular flexibility index (Phi) is 5.12. The lowest BCUT2D eigenvalue weighted by atomic mass is 10.1. The van der Waals surface area contributed by atoms with Gasteiger partial charge >= 0.3 is 0 Å². The van der Waals surface area contributed by atoms with E-state index >= 15 is 0 Å². The average Bonchev–Trinajstić information content (AvgIpc) is 3.47. The second-order valence-corrected chi connectivity index (χ2v) is 10.6. The van der Waals surface area contributed by atoms with Gasteiger partial charge in [-0.25, -0.2) is 9.98 Å². The molecule has 0 saturated carbocycles. The molecule has 1 saturated heterocycles. The molecule has 1 aliphatic carbocycles. The number of thioether (sulfide) groups is 1. The third-order valence-corrected chi connectivity index (χ3v) is 8.58. The van der Waals surface area contributed by atoms with Gasteiger partial charge in [0.1, 0.15) is 0 Å². The van der Waals surface area contributed by atoms with Crippen LogP contribution in [0.5, 0.6) is 0 Å². The van der Waals surface area contributed by atoms with Crippen LogP contribution in [0.4, 0.5) is 10.8 Å². The van der Waals surface area contributed by atoms with Crippen molar-refractivity contribution in [1.82, 2.24) is 9.88 Å². The summed E-state index contributed by atoms with van der Waals surface area (Å²) in [5.41, 5.74) is 6.35. The average molecular weight is 457 g/mol. The van der Waals surface area contributed by atoms with Crippen LogP contribution >= 0.6 is 23.1 Å². The van der Waals surface area contributed by atoms with Gasteiger partial charge in [0.15, 0.2) is 10.3 Å². The van der Waals surface area contributed by atoms with Crippen molar-refractivity contribution in [1.29, 1.82) is 0 Å². The summed E-state index contributed by atoms with van der Waals surface area (Å²) in [5, 5.41) is 6.15. The van der Waals surface area contributed by atoms with Gasteiger partial charge in [0.2, 0.25) is 0 Å². The molecule has 32 heavy (non-hydrogen) atoms. The quantitative estimate of drug-likeness (QED) is 0.383. The number of rotatable bonds is 5. The summed E-state index contributed by atoms with van der Waals surface area (Å²) in [7, 11) is 2.18. The van der Waals surface area contributed by atoms with Crippen molar-refractivity contribution < 1.29 is 0 Å². The fourth-order valence-corrected chi connectivity index (χ4v) is 6.97. The third-order valence-electron chi connectivity index (χ3n) is 6.27. The van der Waals surface area contributed by atoms with Gasteiger partial charge in [0.25, 0.3) is 0 Å². The summed E-state index contributed by atoms with van der Waals surface area (Å²) in [4.78, 5) is 12.0. The molecule has 2 heterocycles. The summed E-state index contributed by atoms with van der Waals surface area (Å²) in [6.07, 6.45) is 2.10. The van der Waals surface area contributed by atoms with E-state index in [1.54, 1.807) is 11.3 Å². The molecule has 4 aromatic rings. The van der Waals surface area contributed by atoms with Crippen LogP contribution in [0.15, 0.2) is 77.8 Å². The number of para-hydroxylation sites is 1. The topological polar surface area (TPSA) is 40.5 Å². The van der Waals surface area contributed by atoms with Crippen molar-refractivity contribution in [2.24, 2.45) is 4.99 Å². The molecule has 1 N–H and O–H groups in total. The zero-order chi connectivity index (χ0) is 21.5. The summed E-state index contributed by atoms with van der Waals surface area (Å²) in [5.74, 6) is 0. The van der Waals surface area contributed by atoms with Crippen LogP contribution in [-0.4, -0.2) is 33.9 Å². The van der Waals surface area contributed by atoms with Crippen LogP contribution < -0.4 is 5.32 Å². The first kappa shape index (κ1) is 19.8. The number of aliphatic imine (C=N–C) groups is 1. The van der Waals surface area contributed by atoms with Crippen molar-refractivity contribution in [3.8, 4) is 0 Å². The van der Waals surface area contributed by atoms with Crippen LogP contribution in [0.25, 0.3) is 10.2 Å². The Bertz CT molecular complexity index is 1260. The van der Waals surface area contributed by atoms with E-state index in [1.165, 1.54) is 21.4 Å². The van der Waals surface area contributed by atoms with Crippen molar-refractivity contribution in [3.63, 3.8) is 0 Å². The van der Waals surface area contributed by atoms with Crippen LogP contribution in [0, 0.1) is 0 Å². The molecule has 0 spiro atoms. The third kappa shape index (κ3) is 3.67. The summed E-state index contributed by atoms with van der Waals surface area (Å²) in [6, 6.07) is 26.2. The Balaban J connectivity index is 1.09. The Labute approximate surface area is 196 Å². The minimum Gasteiger partial charge on any atom is -0.361 e. The highest BCUT2D eigenvalue weighted by Crippen LogP contribution is 2.48. The van der Waals surface area contributed by atoms with Crippen molar-refractivity contribution >= 4 is 49.3 Å². The SMILES string of the molecule is CN1C(=Nc2ccc(CCNc3nc4ccccc4s3)cc2)SC2Cc3ccccc3[C@@H]21. The summed E-state index contributed by atoms with van der Waals surface area (Å²) >= 11 is 3.63. The van der Waals surface area contributed by atoms with Crippen LogP contribution in [0.1, 0.15) is 22.7 Å². The van der Waals surface area contributed by atoms with Gasteiger partial charge in [-0.2, -0.15) is 0 Å². The minimum absolute atomic E-state index is 0.447. The van der Waals surface area contributed by atoms with E-state index < -0.39 is 0 Å². The van der Waals surface area contributed by atoms with Gasteiger partial charge in [-0.05, 0) is 53.8 Å². The zero-order valence-corrected chi connectivity index (χ0v) is 19.5. The molecule has 0 radical (unpaired) electrons. The molecular weight excluding hydrogens is 432 g/mol. The van der Waals surface area contributed by atoms with Crippen molar-refractivity contribution in [2.75, 3.05) is 18.9 Å². The molecule has 2 aliphatic rings. The van der Waals surface area contributed by atoms with Gasteiger partial charge in [-0.15, -0.1) is 0 Å². The van der Waals surface area contributed by atoms with Gasteiger partial charge in [0.05, 0.1) is 21.9 Å². The van der Waals surface area contributed by atoms with E-state index in [9.17, 15) is 0 Å². The molecular formula is C26H24N4S2. The zero-order valence-electron chi connectivity index (χ0n) is 17.9. The second-order valence-electron chi connectivity index (χ2n) is 8.34. The summed E-state index contributed by atoms with van der Waals surface area (Å²) in [6.45, 7) is 0.870. The normalized spacial score (nSPS) is 20.7. The van der Waals surface area contributed by atoms with E-state index in [1.807, 2.05) is 17.8 Å². The monoisotopic (exact) mass is 456 g/mol. The van der Waals surface area contributed by atoms with E-state index in [0.29, 0.717) is 11.3 Å². The highest BCUT2D eigenvalue weighted by atomic mass is 32.2. The number of amidine groups is 1. The maximum Gasteiger partial charge on any atom is 0.183 e. The fourth-order valence-electron chi connectivity index (χ4n) is 4.65. The van der Waals surface area contributed by atoms with Gasteiger partial charge in [-0.3, -0.25) is 0 Å². The molecule has 0 amide bonds. The number of nitrogens with one attached hydrogen (secondary N) is 1. The number of benzene rings is 3. The highest BCUT2D eigenvalue weighted by Gasteiger charge is 2.43. The van der Waals surface area contributed by atoms with Crippen LogP contribution in [-0.2, 0) is 12.8 Å². The van der Waals surface area contributed by atoms with E-state index in [-0.39, 0.29) is 0 Å². The lowest BCUT2D eigenvalue weighted by Gasteiger charge is -2.21. The number of fused-ring (bicyclic) bond motifs is 4. The Hall–Kier alpha value is -2.83. The Morgan fingerprint density at radius 3 is 2.72 bits per heavy atom. The maximum absolute atomic E-state index is 4.97. The second kappa shape index (κ2) is 8.26. The van der Waals surface area contributed by atoms with Crippen LogP contribution in [0.3, 0.4) is 0 Å². The van der Waals surface area contributed by atoms with E-state index in [4.69, 9.17) is 4.99 Å². The number of hydrogen-bond donors (Lipinski definition) is 1. The highest BCUT2D eigenvalue weighted by molar-refractivity contribution is 8.14. The van der Waals surface area contributed by atoms with Gasteiger partial charge in [-0.1, -0.05) is 71.6 Å². The summed E-state index contributed by atoms with van der Waals surface area (Å²) < 4.78 is 1.22. The number of anilines is 1. The Morgan fingerprint density at radius 1 is 1.03 bits per heavy atom. The van der Waals surface area contributed by atoms with Crippen LogP contribution in [0.2, 0.25) is 0 Å².